The van der Waals surface area contributed by atoms with Crippen molar-refractivity contribution in [2.24, 2.45) is 11.5 Å². The second-order valence-corrected chi connectivity index (χ2v) is 1.66. The summed E-state index contributed by atoms with van der Waals surface area (Å²) in [6.45, 7) is 2.22. The molecular formula is C5H12N4. The van der Waals surface area contributed by atoms with Crippen LogP contribution in [0.2, 0.25) is 0 Å². The minimum Gasteiger partial charge on any atom is -0.329 e. The zero-order valence-corrected chi connectivity index (χ0v) is 5.38. The summed E-state index contributed by atoms with van der Waals surface area (Å²) in [5, 5.41) is 8.35. The average Bonchev–Trinajstić information content (AvgIpc) is 1.88. The standard InChI is InChI=1S/C5H12N4/c6-1-3-9(5-8)4-2-7/h1-4,6-7H2. The smallest absolute Gasteiger partial charge is 0.179 e. The molecule has 0 aromatic carbocycles. The minimum absolute atomic E-state index is 0.508. The topological polar surface area (TPSA) is 79.1 Å². The molecule has 0 aromatic rings. The highest BCUT2D eigenvalue weighted by Crippen LogP contribution is 1.78. The van der Waals surface area contributed by atoms with Crippen LogP contribution in [0.25, 0.3) is 0 Å². The Morgan fingerprint density at radius 3 is 1.89 bits per heavy atom. The number of nitrogens with zero attached hydrogens (tertiary/aromatic N) is 2. The number of hydrogen-bond acceptors (Lipinski definition) is 4. The highest BCUT2D eigenvalue weighted by molar-refractivity contribution is 4.73. The Labute approximate surface area is 55.0 Å². The maximum atomic E-state index is 8.35. The van der Waals surface area contributed by atoms with Gasteiger partial charge in [0.1, 0.15) is 0 Å². The van der Waals surface area contributed by atoms with Gasteiger partial charge in [0.2, 0.25) is 0 Å². The molecule has 0 aliphatic carbocycles. The molecule has 0 unspecified atom stereocenters. The highest BCUT2D eigenvalue weighted by atomic mass is 15.1. The molecule has 0 fully saturated rings. The summed E-state index contributed by atoms with van der Waals surface area (Å²) in [5.41, 5.74) is 10.4. The fourth-order valence-corrected chi connectivity index (χ4v) is 0.523. The fraction of sp³-hybridized carbons (Fsp3) is 0.800. The molecule has 4 N–H and O–H groups in total. The zero-order valence-electron chi connectivity index (χ0n) is 5.38. The summed E-state index contributed by atoms with van der Waals surface area (Å²) in [6, 6.07) is 0. The molecule has 0 saturated heterocycles. The van der Waals surface area contributed by atoms with E-state index in [9.17, 15) is 0 Å². The molecule has 0 aromatic heterocycles. The third-order valence-corrected chi connectivity index (χ3v) is 0.939. The van der Waals surface area contributed by atoms with E-state index in [0.717, 1.165) is 0 Å². The Balaban J connectivity index is 3.32. The molecule has 52 valence electrons. The maximum Gasteiger partial charge on any atom is 0.179 e. The van der Waals surface area contributed by atoms with Crippen LogP contribution in [0.5, 0.6) is 0 Å². The van der Waals surface area contributed by atoms with Crippen LogP contribution >= 0.6 is 0 Å². The normalized spacial score (nSPS) is 8.56. The number of hydrogen-bond donors (Lipinski definition) is 2. The van der Waals surface area contributed by atoms with E-state index in [-0.39, 0.29) is 0 Å². The molecule has 0 atom stereocenters. The monoisotopic (exact) mass is 128 g/mol. The van der Waals surface area contributed by atoms with E-state index in [1.54, 1.807) is 4.90 Å². The molecule has 0 amide bonds. The Morgan fingerprint density at radius 1 is 1.22 bits per heavy atom. The second-order valence-electron chi connectivity index (χ2n) is 1.66. The van der Waals surface area contributed by atoms with Gasteiger partial charge in [-0.15, -0.1) is 0 Å². The summed E-state index contributed by atoms with van der Waals surface area (Å²) in [7, 11) is 0. The molecule has 4 nitrogen and oxygen atoms in total. The van der Waals surface area contributed by atoms with Gasteiger partial charge in [-0.3, -0.25) is 0 Å². The lowest BCUT2D eigenvalue weighted by Gasteiger charge is -2.11. The molecule has 0 aliphatic rings. The van der Waals surface area contributed by atoms with Crippen molar-refractivity contribution in [3.05, 3.63) is 0 Å². The molecule has 0 spiro atoms. The van der Waals surface area contributed by atoms with Crippen LogP contribution in [0.1, 0.15) is 0 Å². The summed E-state index contributed by atoms with van der Waals surface area (Å²) >= 11 is 0. The SMILES string of the molecule is N#CN(CCN)CCN. The molecular weight excluding hydrogens is 116 g/mol. The van der Waals surface area contributed by atoms with Crippen LogP contribution in [-0.4, -0.2) is 31.1 Å². The van der Waals surface area contributed by atoms with E-state index in [2.05, 4.69) is 0 Å². The summed E-state index contributed by atoms with van der Waals surface area (Å²) in [4.78, 5) is 1.54. The lowest BCUT2D eigenvalue weighted by Crippen LogP contribution is -2.29. The maximum absolute atomic E-state index is 8.35. The van der Waals surface area contributed by atoms with Gasteiger partial charge in [-0.05, 0) is 0 Å². The molecule has 0 heterocycles. The van der Waals surface area contributed by atoms with E-state index in [4.69, 9.17) is 16.7 Å². The summed E-state index contributed by atoms with van der Waals surface area (Å²) in [5.74, 6) is 0. The minimum atomic E-state index is 0.508. The zero-order chi connectivity index (χ0) is 7.11. The third kappa shape index (κ3) is 3.76. The van der Waals surface area contributed by atoms with Gasteiger partial charge < -0.3 is 16.4 Å². The van der Waals surface area contributed by atoms with Gasteiger partial charge in [-0.25, -0.2) is 0 Å². The van der Waals surface area contributed by atoms with Crippen LogP contribution in [0.3, 0.4) is 0 Å². The quantitative estimate of drug-likeness (QED) is 0.364. The van der Waals surface area contributed by atoms with Crippen molar-refractivity contribution < 1.29 is 0 Å². The molecule has 9 heavy (non-hydrogen) atoms. The first-order valence-electron chi connectivity index (χ1n) is 2.90. The lowest BCUT2D eigenvalue weighted by molar-refractivity contribution is 0.411. The molecule has 0 bridgehead atoms. The predicted molar refractivity (Wildman–Crippen MR) is 35.3 cm³/mol. The van der Waals surface area contributed by atoms with Crippen molar-refractivity contribution in [3.63, 3.8) is 0 Å². The Morgan fingerprint density at radius 2 is 1.67 bits per heavy atom. The van der Waals surface area contributed by atoms with Gasteiger partial charge in [0.05, 0.1) is 0 Å². The molecule has 0 aliphatic heterocycles. The molecule has 4 heteroatoms. The average molecular weight is 128 g/mol. The number of nitrogens with two attached hydrogens (primary N) is 2. The van der Waals surface area contributed by atoms with Crippen LogP contribution in [0.15, 0.2) is 0 Å². The van der Waals surface area contributed by atoms with Crippen molar-refractivity contribution in [1.82, 2.24) is 4.90 Å². The lowest BCUT2D eigenvalue weighted by atomic mass is 10.5. The van der Waals surface area contributed by atoms with Crippen molar-refractivity contribution in [2.45, 2.75) is 0 Å². The largest absolute Gasteiger partial charge is 0.329 e. The van der Waals surface area contributed by atoms with Gasteiger partial charge in [0.15, 0.2) is 6.19 Å². The van der Waals surface area contributed by atoms with Crippen LogP contribution in [-0.2, 0) is 0 Å². The van der Waals surface area contributed by atoms with E-state index in [0.29, 0.717) is 26.2 Å². The fourth-order valence-electron chi connectivity index (χ4n) is 0.523. The number of nitriles is 1. The summed E-state index contributed by atoms with van der Waals surface area (Å²) < 4.78 is 0. The van der Waals surface area contributed by atoms with Crippen LogP contribution in [0.4, 0.5) is 0 Å². The van der Waals surface area contributed by atoms with E-state index in [1.165, 1.54) is 0 Å². The molecule has 0 saturated carbocycles. The number of rotatable bonds is 4. The van der Waals surface area contributed by atoms with Gasteiger partial charge in [-0.2, -0.15) is 5.26 Å². The predicted octanol–water partition coefficient (Wildman–Crippen LogP) is -1.31. The molecule has 0 radical (unpaired) electrons. The first-order valence-corrected chi connectivity index (χ1v) is 2.90. The Kier molecular flexibility index (Phi) is 4.88. The first kappa shape index (κ1) is 8.21. The van der Waals surface area contributed by atoms with Gasteiger partial charge >= 0.3 is 0 Å². The van der Waals surface area contributed by atoms with Crippen LogP contribution < -0.4 is 11.5 Å². The Bertz CT molecular complexity index is 89.6. The molecule has 0 rings (SSSR count). The van der Waals surface area contributed by atoms with E-state index < -0.39 is 0 Å². The van der Waals surface area contributed by atoms with E-state index >= 15 is 0 Å². The highest BCUT2D eigenvalue weighted by Gasteiger charge is 1.95. The summed E-state index contributed by atoms with van der Waals surface area (Å²) in [6.07, 6.45) is 1.98. The van der Waals surface area contributed by atoms with E-state index in [1.807, 2.05) is 6.19 Å². The first-order chi connectivity index (χ1) is 4.35. The third-order valence-electron chi connectivity index (χ3n) is 0.939. The van der Waals surface area contributed by atoms with Gasteiger partial charge in [-0.1, -0.05) is 0 Å². The second kappa shape index (κ2) is 5.35. The van der Waals surface area contributed by atoms with Gasteiger partial charge in [0.25, 0.3) is 0 Å². The van der Waals surface area contributed by atoms with Crippen molar-refractivity contribution in [2.75, 3.05) is 26.2 Å². The van der Waals surface area contributed by atoms with Crippen molar-refractivity contribution in [1.29, 1.82) is 5.26 Å². The van der Waals surface area contributed by atoms with Crippen molar-refractivity contribution in [3.8, 4) is 6.19 Å². The van der Waals surface area contributed by atoms with Crippen LogP contribution in [0, 0.1) is 11.5 Å². The van der Waals surface area contributed by atoms with Gasteiger partial charge in [0, 0.05) is 26.2 Å². The Hall–Kier alpha value is -0.790. The van der Waals surface area contributed by atoms with Crippen molar-refractivity contribution >= 4 is 0 Å².